The first kappa shape index (κ1) is 12.7. The summed E-state index contributed by atoms with van der Waals surface area (Å²) in [7, 11) is 0. The van der Waals surface area contributed by atoms with E-state index in [1.165, 1.54) is 13.3 Å². The van der Waals surface area contributed by atoms with E-state index < -0.39 is 0 Å². The van der Waals surface area contributed by atoms with Crippen molar-refractivity contribution >= 4 is 34.2 Å². The van der Waals surface area contributed by atoms with Crippen LogP contribution in [0.15, 0.2) is 36.8 Å². The molecule has 92 valence electrons. The van der Waals surface area contributed by atoms with Gasteiger partial charge in [0.1, 0.15) is 6.33 Å². The van der Waals surface area contributed by atoms with E-state index in [4.69, 9.17) is 4.74 Å². The van der Waals surface area contributed by atoms with Crippen molar-refractivity contribution in [3.63, 3.8) is 0 Å². The standard InChI is InChI=1S/C12H10IN3O2/c1-8(17)16-10-4-2-3-5-11(10)18-12-9(13)6-14-7-15-12/h2-7H,1H3,(H,16,17). The van der Waals surface area contributed by atoms with Crippen LogP contribution in [0.1, 0.15) is 6.92 Å². The van der Waals surface area contributed by atoms with E-state index in [0.29, 0.717) is 17.3 Å². The van der Waals surface area contributed by atoms with Gasteiger partial charge < -0.3 is 10.1 Å². The molecule has 0 radical (unpaired) electrons. The van der Waals surface area contributed by atoms with Crippen molar-refractivity contribution in [2.45, 2.75) is 6.92 Å². The second-order valence-electron chi connectivity index (χ2n) is 3.46. The molecule has 6 heteroatoms. The van der Waals surface area contributed by atoms with E-state index in [0.717, 1.165) is 3.57 Å². The molecular weight excluding hydrogens is 345 g/mol. The van der Waals surface area contributed by atoms with Gasteiger partial charge in [0.2, 0.25) is 11.8 Å². The molecule has 0 bridgehead atoms. The Morgan fingerprint density at radius 3 is 2.89 bits per heavy atom. The summed E-state index contributed by atoms with van der Waals surface area (Å²) in [6, 6.07) is 7.19. The van der Waals surface area contributed by atoms with Crippen molar-refractivity contribution in [2.75, 3.05) is 5.32 Å². The van der Waals surface area contributed by atoms with Crippen LogP contribution in [0, 0.1) is 3.57 Å². The Labute approximate surface area is 118 Å². The molecule has 1 aromatic heterocycles. The number of rotatable bonds is 3. The third kappa shape index (κ3) is 3.16. The maximum absolute atomic E-state index is 11.1. The van der Waals surface area contributed by atoms with Crippen LogP contribution < -0.4 is 10.1 Å². The molecule has 0 atom stereocenters. The Morgan fingerprint density at radius 2 is 2.17 bits per heavy atom. The molecule has 0 saturated carbocycles. The second kappa shape index (κ2) is 5.76. The highest BCUT2D eigenvalue weighted by molar-refractivity contribution is 14.1. The number of hydrogen-bond donors (Lipinski definition) is 1. The molecule has 1 amide bonds. The van der Waals surface area contributed by atoms with Gasteiger partial charge in [-0.1, -0.05) is 12.1 Å². The van der Waals surface area contributed by atoms with Crippen molar-refractivity contribution < 1.29 is 9.53 Å². The van der Waals surface area contributed by atoms with Gasteiger partial charge in [0.25, 0.3) is 0 Å². The summed E-state index contributed by atoms with van der Waals surface area (Å²) >= 11 is 2.09. The van der Waals surface area contributed by atoms with Gasteiger partial charge in [0, 0.05) is 13.1 Å². The lowest BCUT2D eigenvalue weighted by atomic mass is 10.3. The van der Waals surface area contributed by atoms with E-state index in [1.807, 2.05) is 12.1 Å². The zero-order valence-electron chi connectivity index (χ0n) is 9.55. The van der Waals surface area contributed by atoms with Crippen LogP contribution in [0.25, 0.3) is 0 Å². The fraction of sp³-hybridized carbons (Fsp3) is 0.0833. The number of hydrogen-bond acceptors (Lipinski definition) is 4. The van der Waals surface area contributed by atoms with Gasteiger partial charge in [-0.3, -0.25) is 4.79 Å². The first-order chi connectivity index (χ1) is 8.66. The summed E-state index contributed by atoms with van der Waals surface area (Å²) < 4.78 is 6.47. The molecule has 0 aliphatic rings. The average Bonchev–Trinajstić information content (AvgIpc) is 2.34. The summed E-state index contributed by atoms with van der Waals surface area (Å²) in [5.74, 6) is 0.858. The zero-order valence-corrected chi connectivity index (χ0v) is 11.7. The number of nitrogens with zero attached hydrogens (tertiary/aromatic N) is 2. The molecule has 0 aliphatic carbocycles. The number of amides is 1. The highest BCUT2D eigenvalue weighted by atomic mass is 127. The number of aromatic nitrogens is 2. The molecule has 2 aromatic rings. The van der Waals surface area contributed by atoms with Gasteiger partial charge in [-0.15, -0.1) is 0 Å². The van der Waals surface area contributed by atoms with Gasteiger partial charge in [-0.05, 0) is 34.7 Å². The van der Waals surface area contributed by atoms with Gasteiger partial charge in [-0.25, -0.2) is 9.97 Å². The van der Waals surface area contributed by atoms with Gasteiger partial charge in [0.05, 0.1) is 9.26 Å². The zero-order chi connectivity index (χ0) is 13.0. The summed E-state index contributed by atoms with van der Waals surface area (Å²) in [6.45, 7) is 1.45. The molecule has 0 fully saturated rings. The minimum atomic E-state index is -0.150. The molecule has 1 heterocycles. The molecule has 18 heavy (non-hydrogen) atoms. The number of nitrogens with one attached hydrogen (secondary N) is 1. The third-order valence-corrected chi connectivity index (χ3v) is 2.78. The van der Waals surface area contributed by atoms with Crippen LogP contribution in [-0.4, -0.2) is 15.9 Å². The molecule has 0 unspecified atom stereocenters. The van der Waals surface area contributed by atoms with Crippen LogP contribution in [-0.2, 0) is 4.79 Å². The highest BCUT2D eigenvalue weighted by Gasteiger charge is 2.08. The average molecular weight is 355 g/mol. The molecule has 0 spiro atoms. The topological polar surface area (TPSA) is 64.1 Å². The first-order valence-electron chi connectivity index (χ1n) is 5.17. The number of para-hydroxylation sites is 2. The van der Waals surface area contributed by atoms with Crippen molar-refractivity contribution in [1.29, 1.82) is 0 Å². The number of halogens is 1. The number of benzene rings is 1. The highest BCUT2D eigenvalue weighted by Crippen LogP contribution is 2.29. The lowest BCUT2D eigenvalue weighted by Gasteiger charge is -2.10. The quantitative estimate of drug-likeness (QED) is 0.860. The first-order valence-corrected chi connectivity index (χ1v) is 6.24. The monoisotopic (exact) mass is 355 g/mol. The predicted octanol–water partition coefficient (Wildman–Crippen LogP) is 2.83. The van der Waals surface area contributed by atoms with E-state index >= 15 is 0 Å². The van der Waals surface area contributed by atoms with Crippen LogP contribution in [0.2, 0.25) is 0 Å². The number of ether oxygens (including phenoxy) is 1. The van der Waals surface area contributed by atoms with Crippen molar-refractivity contribution in [3.05, 3.63) is 40.4 Å². The molecule has 2 rings (SSSR count). The molecule has 0 saturated heterocycles. The molecule has 0 aliphatic heterocycles. The molecule has 1 N–H and O–H groups in total. The maximum atomic E-state index is 11.1. The van der Waals surface area contributed by atoms with Crippen molar-refractivity contribution in [1.82, 2.24) is 9.97 Å². The van der Waals surface area contributed by atoms with Crippen molar-refractivity contribution in [3.8, 4) is 11.6 Å². The second-order valence-corrected chi connectivity index (χ2v) is 4.62. The minimum Gasteiger partial charge on any atom is -0.436 e. The summed E-state index contributed by atoms with van der Waals surface area (Å²) in [5, 5.41) is 2.70. The SMILES string of the molecule is CC(=O)Nc1ccccc1Oc1ncncc1I. The number of carbonyl (C=O) groups excluding carboxylic acids is 1. The van der Waals surface area contributed by atoms with Gasteiger partial charge >= 0.3 is 0 Å². The summed E-state index contributed by atoms with van der Waals surface area (Å²) in [5.41, 5.74) is 0.611. The van der Waals surface area contributed by atoms with Crippen LogP contribution >= 0.6 is 22.6 Å². The fourth-order valence-corrected chi connectivity index (χ4v) is 1.74. The van der Waals surface area contributed by atoms with Gasteiger partial charge in [0.15, 0.2) is 5.75 Å². The third-order valence-electron chi connectivity index (χ3n) is 2.04. The molecule has 5 nitrogen and oxygen atoms in total. The number of anilines is 1. The Morgan fingerprint density at radius 1 is 1.39 bits per heavy atom. The van der Waals surface area contributed by atoms with Crippen LogP contribution in [0.3, 0.4) is 0 Å². The smallest absolute Gasteiger partial charge is 0.235 e. The van der Waals surface area contributed by atoms with E-state index in [-0.39, 0.29) is 5.91 Å². The number of carbonyl (C=O) groups is 1. The normalized spacial score (nSPS) is 9.89. The van der Waals surface area contributed by atoms with Gasteiger partial charge in [-0.2, -0.15) is 0 Å². The lowest BCUT2D eigenvalue weighted by molar-refractivity contribution is -0.114. The van der Waals surface area contributed by atoms with E-state index in [2.05, 4.69) is 37.9 Å². The Bertz CT molecular complexity index is 575. The molecule has 1 aromatic carbocycles. The lowest BCUT2D eigenvalue weighted by Crippen LogP contribution is -2.07. The largest absolute Gasteiger partial charge is 0.436 e. The predicted molar refractivity (Wildman–Crippen MR) is 75.6 cm³/mol. The minimum absolute atomic E-state index is 0.150. The van der Waals surface area contributed by atoms with Crippen LogP contribution in [0.4, 0.5) is 5.69 Å². The van der Waals surface area contributed by atoms with Crippen molar-refractivity contribution in [2.24, 2.45) is 0 Å². The summed E-state index contributed by atoms with van der Waals surface area (Å²) in [4.78, 5) is 19.0. The summed E-state index contributed by atoms with van der Waals surface area (Å²) in [6.07, 6.45) is 3.07. The van der Waals surface area contributed by atoms with E-state index in [9.17, 15) is 4.79 Å². The Hall–Kier alpha value is -1.70. The Kier molecular flexibility index (Phi) is 4.08. The van der Waals surface area contributed by atoms with Crippen LogP contribution in [0.5, 0.6) is 11.6 Å². The Balaban J connectivity index is 2.29. The maximum Gasteiger partial charge on any atom is 0.235 e. The molecular formula is C12H10IN3O2. The fourth-order valence-electron chi connectivity index (χ4n) is 1.33. The van der Waals surface area contributed by atoms with E-state index in [1.54, 1.807) is 18.3 Å².